The molecule has 2 aliphatic heterocycles. The second-order valence-corrected chi connectivity index (χ2v) is 5.45. The van der Waals surface area contributed by atoms with Crippen LogP contribution in [-0.2, 0) is 0 Å². The molecule has 0 amide bonds. The van der Waals surface area contributed by atoms with Gasteiger partial charge < -0.3 is 43.8 Å². The van der Waals surface area contributed by atoms with E-state index in [2.05, 4.69) is 33.9 Å². The minimum atomic E-state index is 0. The lowest BCUT2D eigenvalue weighted by molar-refractivity contribution is -1.09. The zero-order chi connectivity index (χ0) is 13.5. The fourth-order valence-corrected chi connectivity index (χ4v) is 2.39. The Balaban J connectivity index is 0.00000200. The Labute approximate surface area is 149 Å². The molecule has 0 spiro atoms. The van der Waals surface area contributed by atoms with Crippen LogP contribution in [0.1, 0.15) is 39.5 Å². The Hall–Kier alpha value is -0.180. The van der Waals surface area contributed by atoms with E-state index in [9.17, 15) is 0 Å². The Bertz CT molecular complexity index is 296. The maximum absolute atomic E-state index is 4.53. The zero-order valence-electron chi connectivity index (χ0n) is 13.1. The van der Waals surface area contributed by atoms with Gasteiger partial charge in [-0.2, -0.15) is 0 Å². The molecule has 0 aromatic carbocycles. The summed E-state index contributed by atoms with van der Waals surface area (Å²) in [5.74, 6) is 0. The maximum Gasteiger partial charge on any atom is 0.255 e. The van der Waals surface area contributed by atoms with Gasteiger partial charge >= 0.3 is 0 Å². The molecule has 2 atom stereocenters. The minimum absolute atomic E-state index is 0. The fraction of sp³-hybridized carbons (Fsp3) is 0.846. The van der Waals surface area contributed by atoms with Crippen LogP contribution in [0.25, 0.3) is 0 Å². The van der Waals surface area contributed by atoms with E-state index < -0.39 is 0 Å². The van der Waals surface area contributed by atoms with Gasteiger partial charge in [0.25, 0.3) is 6.67 Å². The first-order chi connectivity index (χ1) is 9.31. The van der Waals surface area contributed by atoms with Crippen LogP contribution in [0.3, 0.4) is 0 Å². The summed E-state index contributed by atoms with van der Waals surface area (Å²) >= 11 is 0. The van der Waals surface area contributed by atoms with Gasteiger partial charge in [-0.1, -0.05) is 36.9 Å². The van der Waals surface area contributed by atoms with Crippen molar-refractivity contribution in [1.82, 2.24) is 9.80 Å². The van der Waals surface area contributed by atoms with Crippen LogP contribution in [0.2, 0.25) is 0 Å². The SMILES string of the molecule is CCCCN1C=N[NH+](C[NH+]2CN(CCCC)C=N2)C1.[Br-].[Br-]. The average molecular weight is 428 g/mol. The molecule has 2 N–H and O–H groups in total. The lowest BCUT2D eigenvalue weighted by atomic mass is 10.3. The van der Waals surface area contributed by atoms with E-state index in [4.69, 9.17) is 0 Å². The maximum atomic E-state index is 4.53. The van der Waals surface area contributed by atoms with Crippen LogP contribution >= 0.6 is 0 Å². The molecule has 0 fully saturated rings. The molecule has 2 rings (SSSR count). The molecule has 0 bridgehead atoms. The van der Waals surface area contributed by atoms with Gasteiger partial charge in [-0.15, -0.1) is 10.0 Å². The number of nitrogens with one attached hydrogen (secondary N) is 2. The van der Waals surface area contributed by atoms with Gasteiger partial charge in [-0.05, 0) is 12.8 Å². The number of rotatable bonds is 8. The smallest absolute Gasteiger partial charge is 0.255 e. The van der Waals surface area contributed by atoms with Crippen LogP contribution in [-0.4, -0.2) is 55.6 Å². The number of nitrogens with zero attached hydrogens (tertiary/aromatic N) is 4. The molecular formula is C13H28Br2N6. The predicted octanol–water partition coefficient (Wildman–Crippen LogP) is -7.25. The van der Waals surface area contributed by atoms with Crippen molar-refractivity contribution in [3.63, 3.8) is 0 Å². The first-order valence-electron chi connectivity index (χ1n) is 7.57. The standard InChI is InChI=1S/C13H26N6.2BrH/c1-3-5-7-16-9-14-18(11-16)13-19-12-17(10-15-19)8-6-4-2;;/h9-10H,3-8,11-13H2,1-2H3;2*1H. The Morgan fingerprint density at radius 3 is 1.67 bits per heavy atom. The lowest BCUT2D eigenvalue weighted by Crippen LogP contribution is -3.27. The van der Waals surface area contributed by atoms with E-state index >= 15 is 0 Å². The van der Waals surface area contributed by atoms with E-state index in [-0.39, 0.29) is 34.0 Å². The number of halogens is 2. The number of hydrogen-bond donors (Lipinski definition) is 2. The highest BCUT2D eigenvalue weighted by Crippen LogP contribution is 1.92. The van der Waals surface area contributed by atoms with Gasteiger partial charge in [0.05, 0.1) is 0 Å². The Kier molecular flexibility index (Phi) is 11.3. The van der Waals surface area contributed by atoms with E-state index in [1.165, 1.54) is 35.7 Å². The molecule has 2 unspecified atom stereocenters. The predicted molar refractivity (Wildman–Crippen MR) is 76.7 cm³/mol. The summed E-state index contributed by atoms with van der Waals surface area (Å²) in [4.78, 5) is 4.62. The third kappa shape index (κ3) is 7.08. The van der Waals surface area contributed by atoms with Crippen molar-refractivity contribution < 1.29 is 44.0 Å². The van der Waals surface area contributed by atoms with E-state index in [0.717, 1.165) is 33.1 Å². The molecule has 0 aromatic heterocycles. The molecule has 8 heteroatoms. The minimum Gasteiger partial charge on any atom is -1.00 e. The van der Waals surface area contributed by atoms with E-state index in [1.807, 2.05) is 12.7 Å². The van der Waals surface area contributed by atoms with Crippen molar-refractivity contribution in [2.75, 3.05) is 33.1 Å². The van der Waals surface area contributed by atoms with Gasteiger partial charge in [0, 0.05) is 13.1 Å². The summed E-state index contributed by atoms with van der Waals surface area (Å²) < 4.78 is 0. The Morgan fingerprint density at radius 1 is 0.857 bits per heavy atom. The first-order valence-corrected chi connectivity index (χ1v) is 7.57. The van der Waals surface area contributed by atoms with Gasteiger partial charge in [-0.25, -0.2) is 0 Å². The molecule has 0 saturated carbocycles. The molecular weight excluding hydrogens is 400 g/mol. The van der Waals surface area contributed by atoms with Crippen molar-refractivity contribution in [2.24, 2.45) is 10.2 Å². The van der Waals surface area contributed by atoms with E-state index in [1.54, 1.807) is 0 Å². The summed E-state index contributed by atoms with van der Waals surface area (Å²) in [5.41, 5.74) is 0. The van der Waals surface area contributed by atoms with E-state index in [0.29, 0.717) is 0 Å². The van der Waals surface area contributed by atoms with Crippen molar-refractivity contribution in [3.8, 4) is 0 Å². The van der Waals surface area contributed by atoms with Crippen LogP contribution in [0.15, 0.2) is 10.2 Å². The third-order valence-electron chi connectivity index (χ3n) is 3.58. The molecule has 6 nitrogen and oxygen atoms in total. The molecule has 124 valence electrons. The quantitative estimate of drug-likeness (QED) is 0.404. The van der Waals surface area contributed by atoms with Gasteiger partial charge in [-0.3, -0.25) is 0 Å². The monoisotopic (exact) mass is 426 g/mol. The molecule has 0 aromatic rings. The van der Waals surface area contributed by atoms with Crippen LogP contribution in [0.5, 0.6) is 0 Å². The first kappa shape index (κ1) is 20.8. The van der Waals surface area contributed by atoms with Crippen molar-refractivity contribution in [3.05, 3.63) is 0 Å². The van der Waals surface area contributed by atoms with Crippen molar-refractivity contribution in [1.29, 1.82) is 0 Å². The van der Waals surface area contributed by atoms with Crippen molar-refractivity contribution >= 4 is 12.7 Å². The van der Waals surface area contributed by atoms with Crippen LogP contribution < -0.4 is 44.0 Å². The summed E-state index contributed by atoms with van der Waals surface area (Å²) in [7, 11) is 0. The number of quaternary nitrogens is 2. The second-order valence-electron chi connectivity index (χ2n) is 5.45. The van der Waals surface area contributed by atoms with Gasteiger partial charge in [0.15, 0.2) is 26.0 Å². The average Bonchev–Trinajstić information content (AvgIpc) is 3.04. The highest BCUT2D eigenvalue weighted by atomic mass is 79.9. The summed E-state index contributed by atoms with van der Waals surface area (Å²) in [5, 5.41) is 11.6. The summed E-state index contributed by atoms with van der Waals surface area (Å²) in [6, 6.07) is 0. The zero-order valence-corrected chi connectivity index (χ0v) is 16.2. The highest BCUT2D eigenvalue weighted by Gasteiger charge is 2.27. The van der Waals surface area contributed by atoms with Gasteiger partial charge in [0.2, 0.25) is 0 Å². The molecule has 0 saturated heterocycles. The van der Waals surface area contributed by atoms with Crippen molar-refractivity contribution in [2.45, 2.75) is 39.5 Å². The van der Waals surface area contributed by atoms with Crippen LogP contribution in [0.4, 0.5) is 0 Å². The topological polar surface area (TPSA) is 40.1 Å². The third-order valence-corrected chi connectivity index (χ3v) is 3.58. The number of hydrogen-bond acceptors (Lipinski definition) is 4. The summed E-state index contributed by atoms with van der Waals surface area (Å²) in [6.45, 7) is 9.65. The summed E-state index contributed by atoms with van der Waals surface area (Å²) in [6.07, 6.45) is 8.98. The molecule has 0 radical (unpaired) electrons. The normalized spacial score (nSPS) is 23.3. The Morgan fingerprint density at radius 2 is 1.29 bits per heavy atom. The largest absolute Gasteiger partial charge is 1.00 e. The molecule has 21 heavy (non-hydrogen) atoms. The molecule has 2 aliphatic rings. The fourth-order valence-electron chi connectivity index (χ4n) is 2.39. The second kappa shape index (κ2) is 11.4. The van der Waals surface area contributed by atoms with Crippen LogP contribution in [0, 0.1) is 0 Å². The van der Waals surface area contributed by atoms with Gasteiger partial charge in [0.1, 0.15) is 0 Å². The molecule has 0 aliphatic carbocycles. The molecule has 2 heterocycles. The lowest BCUT2D eigenvalue weighted by Gasteiger charge is -2.16. The highest BCUT2D eigenvalue weighted by molar-refractivity contribution is 5.54. The number of unbranched alkanes of at least 4 members (excludes halogenated alkanes) is 2.